The standard InChI is InChI=1S/C23H28N4O4/c1-5-27-19-10-9-17(13-18(19)25-15(2)20(27)28)22(30)31-16(3)21(29)26(4)23(14-24)11-7-6-8-12-23/h9-10,13,16H,5-8,11-12H2,1-4H3/t16-/m0/s1. The van der Waals surface area contributed by atoms with Crippen molar-refractivity contribution in [2.75, 3.05) is 7.05 Å². The second-order valence-corrected chi connectivity index (χ2v) is 8.10. The number of benzene rings is 1. The number of likely N-dealkylation sites (N-methyl/N-ethyl adjacent to an activating group) is 1. The second-order valence-electron chi connectivity index (χ2n) is 8.10. The average molecular weight is 425 g/mol. The summed E-state index contributed by atoms with van der Waals surface area (Å²) in [6.45, 7) is 5.50. The quantitative estimate of drug-likeness (QED) is 0.683. The first-order valence-corrected chi connectivity index (χ1v) is 10.6. The van der Waals surface area contributed by atoms with E-state index in [4.69, 9.17) is 4.74 Å². The molecule has 1 aliphatic carbocycles. The summed E-state index contributed by atoms with van der Waals surface area (Å²) in [5.74, 6) is -1.05. The number of ether oxygens (including phenoxy) is 1. The zero-order chi connectivity index (χ0) is 22.8. The van der Waals surface area contributed by atoms with Crippen LogP contribution in [0, 0.1) is 18.3 Å². The second kappa shape index (κ2) is 8.88. The van der Waals surface area contributed by atoms with E-state index in [-0.39, 0.29) is 11.1 Å². The molecule has 1 saturated carbocycles. The molecular weight excluding hydrogens is 396 g/mol. The van der Waals surface area contributed by atoms with Gasteiger partial charge in [0.25, 0.3) is 11.5 Å². The monoisotopic (exact) mass is 424 g/mol. The van der Waals surface area contributed by atoms with Crippen molar-refractivity contribution in [1.29, 1.82) is 5.26 Å². The van der Waals surface area contributed by atoms with Crippen molar-refractivity contribution in [1.82, 2.24) is 14.5 Å². The fourth-order valence-electron chi connectivity index (χ4n) is 4.24. The summed E-state index contributed by atoms with van der Waals surface area (Å²) in [5, 5.41) is 9.70. The number of nitrogens with zero attached hydrogens (tertiary/aromatic N) is 4. The van der Waals surface area contributed by atoms with Crippen molar-refractivity contribution in [3.63, 3.8) is 0 Å². The predicted octanol–water partition coefficient (Wildman–Crippen LogP) is 2.96. The van der Waals surface area contributed by atoms with E-state index in [1.165, 1.54) is 11.8 Å². The normalized spacial score (nSPS) is 16.4. The summed E-state index contributed by atoms with van der Waals surface area (Å²) in [6, 6.07) is 7.09. The van der Waals surface area contributed by atoms with Crippen molar-refractivity contribution in [3.05, 3.63) is 39.8 Å². The number of aromatic nitrogens is 2. The first-order chi connectivity index (χ1) is 14.7. The minimum absolute atomic E-state index is 0.165. The van der Waals surface area contributed by atoms with Gasteiger partial charge in [-0.05, 0) is 51.8 Å². The van der Waals surface area contributed by atoms with E-state index in [9.17, 15) is 19.6 Å². The lowest BCUT2D eigenvalue weighted by Crippen LogP contribution is -2.53. The largest absolute Gasteiger partial charge is 0.449 e. The number of hydrogen-bond donors (Lipinski definition) is 0. The summed E-state index contributed by atoms with van der Waals surface area (Å²) < 4.78 is 7.02. The molecule has 3 rings (SSSR count). The van der Waals surface area contributed by atoms with Gasteiger partial charge in [-0.2, -0.15) is 5.26 Å². The van der Waals surface area contributed by atoms with Gasteiger partial charge in [0.05, 0.1) is 22.7 Å². The number of nitriles is 1. The van der Waals surface area contributed by atoms with E-state index in [0.29, 0.717) is 36.1 Å². The topological polar surface area (TPSA) is 105 Å². The number of fused-ring (bicyclic) bond motifs is 1. The van der Waals surface area contributed by atoms with Gasteiger partial charge in [0.1, 0.15) is 11.2 Å². The first kappa shape index (κ1) is 22.5. The summed E-state index contributed by atoms with van der Waals surface area (Å²) in [4.78, 5) is 43.6. The minimum Gasteiger partial charge on any atom is -0.449 e. The molecule has 0 N–H and O–H groups in total. The van der Waals surface area contributed by atoms with E-state index in [1.54, 1.807) is 36.7 Å². The van der Waals surface area contributed by atoms with Crippen LogP contribution in [-0.2, 0) is 16.1 Å². The summed E-state index contributed by atoms with van der Waals surface area (Å²) in [7, 11) is 1.61. The minimum atomic E-state index is -1.03. The van der Waals surface area contributed by atoms with Gasteiger partial charge < -0.3 is 14.2 Å². The van der Waals surface area contributed by atoms with Crippen LogP contribution >= 0.6 is 0 Å². The Morgan fingerprint density at radius 1 is 1.32 bits per heavy atom. The van der Waals surface area contributed by atoms with Crippen LogP contribution in [0.5, 0.6) is 0 Å². The van der Waals surface area contributed by atoms with Crippen molar-refractivity contribution in [3.8, 4) is 6.07 Å². The molecule has 1 heterocycles. The Bertz CT molecular complexity index is 1110. The number of rotatable bonds is 5. The Labute approximate surface area is 181 Å². The van der Waals surface area contributed by atoms with E-state index >= 15 is 0 Å². The fraction of sp³-hybridized carbons (Fsp3) is 0.522. The lowest BCUT2D eigenvalue weighted by atomic mass is 9.81. The first-order valence-electron chi connectivity index (χ1n) is 10.6. The molecule has 8 nitrogen and oxygen atoms in total. The Hall–Kier alpha value is -3.21. The van der Waals surface area contributed by atoms with Crippen molar-refractivity contribution >= 4 is 22.9 Å². The van der Waals surface area contributed by atoms with E-state index in [0.717, 1.165) is 19.3 Å². The molecule has 1 aliphatic rings. The van der Waals surface area contributed by atoms with Crippen molar-refractivity contribution in [2.45, 2.75) is 71.1 Å². The third-order valence-electron chi connectivity index (χ3n) is 6.15. The van der Waals surface area contributed by atoms with Gasteiger partial charge in [-0.3, -0.25) is 9.59 Å². The highest BCUT2D eigenvalue weighted by Gasteiger charge is 2.40. The number of hydrogen-bond acceptors (Lipinski definition) is 6. The van der Waals surface area contributed by atoms with Crippen molar-refractivity contribution in [2.24, 2.45) is 0 Å². The molecule has 1 aromatic heterocycles. The highest BCUT2D eigenvalue weighted by atomic mass is 16.5. The van der Waals surface area contributed by atoms with Gasteiger partial charge in [0.2, 0.25) is 0 Å². The van der Waals surface area contributed by atoms with Gasteiger partial charge >= 0.3 is 5.97 Å². The molecule has 0 radical (unpaired) electrons. The molecule has 2 aromatic rings. The van der Waals surface area contributed by atoms with Gasteiger partial charge in [-0.25, -0.2) is 9.78 Å². The van der Waals surface area contributed by atoms with Crippen LogP contribution < -0.4 is 5.56 Å². The molecule has 0 unspecified atom stereocenters. The molecule has 1 fully saturated rings. The highest BCUT2D eigenvalue weighted by Crippen LogP contribution is 2.33. The zero-order valence-electron chi connectivity index (χ0n) is 18.5. The van der Waals surface area contributed by atoms with Crippen LogP contribution in [0.25, 0.3) is 11.0 Å². The number of amides is 1. The SMILES string of the molecule is CCn1c(=O)c(C)nc2cc(C(=O)O[C@@H](C)C(=O)N(C)C3(C#N)CCCCC3)ccc21. The maximum atomic E-state index is 12.9. The number of carbonyl (C=O) groups excluding carboxylic acids is 2. The number of carbonyl (C=O) groups is 2. The summed E-state index contributed by atoms with van der Waals surface area (Å²) >= 11 is 0. The number of aryl methyl sites for hydroxylation is 2. The van der Waals surface area contributed by atoms with Crippen LogP contribution in [0.3, 0.4) is 0 Å². The highest BCUT2D eigenvalue weighted by molar-refractivity contribution is 5.95. The average Bonchev–Trinajstić information content (AvgIpc) is 2.78. The van der Waals surface area contributed by atoms with Crippen LogP contribution in [-0.4, -0.2) is 45.0 Å². The lowest BCUT2D eigenvalue weighted by molar-refractivity contribution is -0.143. The van der Waals surface area contributed by atoms with Gasteiger partial charge in [-0.1, -0.05) is 19.3 Å². The molecule has 0 aliphatic heterocycles. The molecule has 8 heteroatoms. The predicted molar refractivity (Wildman–Crippen MR) is 115 cm³/mol. The molecule has 164 valence electrons. The smallest absolute Gasteiger partial charge is 0.338 e. The third kappa shape index (κ3) is 4.18. The molecule has 0 saturated heterocycles. The Morgan fingerprint density at radius 2 is 2.00 bits per heavy atom. The van der Waals surface area contributed by atoms with Gasteiger partial charge in [0, 0.05) is 13.6 Å². The maximum Gasteiger partial charge on any atom is 0.338 e. The lowest BCUT2D eigenvalue weighted by Gasteiger charge is -2.39. The van der Waals surface area contributed by atoms with Crippen molar-refractivity contribution < 1.29 is 14.3 Å². The number of esters is 1. The molecule has 1 amide bonds. The fourth-order valence-corrected chi connectivity index (χ4v) is 4.24. The van der Waals surface area contributed by atoms with E-state index in [2.05, 4.69) is 11.1 Å². The molecule has 1 atom stereocenters. The van der Waals surface area contributed by atoms with Gasteiger partial charge in [-0.15, -0.1) is 0 Å². The summed E-state index contributed by atoms with van der Waals surface area (Å²) in [6.07, 6.45) is 3.07. The van der Waals surface area contributed by atoms with E-state index in [1.807, 2.05) is 6.92 Å². The molecule has 31 heavy (non-hydrogen) atoms. The van der Waals surface area contributed by atoms with Crippen LogP contribution in [0.2, 0.25) is 0 Å². The maximum absolute atomic E-state index is 12.9. The van der Waals surface area contributed by atoms with Gasteiger partial charge in [0.15, 0.2) is 6.10 Å². The Morgan fingerprint density at radius 3 is 2.61 bits per heavy atom. The zero-order valence-corrected chi connectivity index (χ0v) is 18.5. The van der Waals surface area contributed by atoms with Crippen LogP contribution in [0.4, 0.5) is 0 Å². The molecule has 0 spiro atoms. The molecule has 1 aromatic carbocycles. The Balaban J connectivity index is 1.80. The Kier molecular flexibility index (Phi) is 6.44. The van der Waals surface area contributed by atoms with Crippen LogP contribution in [0.1, 0.15) is 62.0 Å². The van der Waals surface area contributed by atoms with Crippen LogP contribution in [0.15, 0.2) is 23.0 Å². The summed E-state index contributed by atoms with van der Waals surface area (Å²) in [5.41, 5.74) is 0.725. The van der Waals surface area contributed by atoms with E-state index < -0.39 is 23.5 Å². The molecular formula is C23H28N4O4. The molecule has 0 bridgehead atoms. The third-order valence-corrected chi connectivity index (χ3v) is 6.15.